The van der Waals surface area contributed by atoms with E-state index in [1.165, 1.54) is 46.2 Å². The molecule has 7 heteroatoms. The lowest BCUT2D eigenvalue weighted by atomic mass is 9.96. The number of benzene rings is 2. The van der Waals surface area contributed by atoms with E-state index in [2.05, 4.69) is 80.5 Å². The third-order valence-corrected chi connectivity index (χ3v) is 8.69. The van der Waals surface area contributed by atoms with Gasteiger partial charge in [0.1, 0.15) is 11.2 Å². The van der Waals surface area contributed by atoms with Crippen LogP contribution in [-0.2, 0) is 12.8 Å². The second kappa shape index (κ2) is 8.73. The summed E-state index contributed by atoms with van der Waals surface area (Å²) in [5.74, 6) is 0.930. The first-order chi connectivity index (χ1) is 17.4. The van der Waals surface area contributed by atoms with Crippen LogP contribution in [0.1, 0.15) is 40.5 Å². The molecule has 1 aliphatic heterocycles. The first-order valence-electron chi connectivity index (χ1n) is 12.6. The van der Waals surface area contributed by atoms with E-state index in [9.17, 15) is 0 Å². The Kier molecular flexibility index (Phi) is 5.25. The molecule has 0 bridgehead atoms. The highest BCUT2D eigenvalue weighted by molar-refractivity contribution is 7.19. The van der Waals surface area contributed by atoms with Crippen LogP contribution < -0.4 is 4.90 Å². The summed E-state index contributed by atoms with van der Waals surface area (Å²) in [6.45, 7) is 3.75. The Morgan fingerprint density at radius 3 is 2.20 bits per heavy atom. The highest BCUT2D eigenvalue weighted by Crippen LogP contribution is 2.38. The lowest BCUT2D eigenvalue weighted by molar-refractivity contribution is 0.211. The van der Waals surface area contributed by atoms with Crippen LogP contribution in [0.5, 0.6) is 0 Å². The van der Waals surface area contributed by atoms with E-state index >= 15 is 0 Å². The molecule has 1 saturated heterocycles. The number of aromatic nitrogens is 4. The van der Waals surface area contributed by atoms with E-state index in [-0.39, 0.29) is 6.04 Å². The van der Waals surface area contributed by atoms with Crippen molar-refractivity contribution in [3.8, 4) is 0 Å². The Morgan fingerprint density at radius 1 is 0.800 bits per heavy atom. The number of piperazine rings is 1. The standard InChI is InChI=1S/C28H28N6S/c1-3-9-20(10-4-1)25(21-11-5-2-6-12-21)32-15-17-33(18-16-32)28-31-27-24(26-29-19-30-34(26)28)22-13-7-8-14-23(22)35-27/h1-6,9-12,19,25H,7-8,13-18H2. The van der Waals surface area contributed by atoms with E-state index in [4.69, 9.17) is 4.98 Å². The predicted octanol–water partition coefficient (Wildman–Crippen LogP) is 5.13. The molecule has 0 N–H and O–H groups in total. The molecule has 0 atom stereocenters. The van der Waals surface area contributed by atoms with Crippen molar-refractivity contribution < 1.29 is 0 Å². The van der Waals surface area contributed by atoms with Gasteiger partial charge in [-0.1, -0.05) is 60.7 Å². The van der Waals surface area contributed by atoms with Crippen molar-refractivity contribution in [3.05, 3.63) is 88.6 Å². The molecule has 0 spiro atoms. The van der Waals surface area contributed by atoms with Gasteiger partial charge in [0, 0.05) is 31.1 Å². The van der Waals surface area contributed by atoms with Crippen LogP contribution in [0.3, 0.4) is 0 Å². The predicted molar refractivity (Wildman–Crippen MR) is 141 cm³/mol. The molecule has 5 aromatic rings. The van der Waals surface area contributed by atoms with E-state index in [1.54, 1.807) is 6.33 Å². The van der Waals surface area contributed by atoms with Gasteiger partial charge in [0.25, 0.3) is 0 Å². The largest absolute Gasteiger partial charge is 0.338 e. The molecule has 3 aromatic heterocycles. The minimum Gasteiger partial charge on any atom is -0.338 e. The van der Waals surface area contributed by atoms with Gasteiger partial charge in [0.15, 0.2) is 5.65 Å². The molecule has 1 aliphatic carbocycles. The van der Waals surface area contributed by atoms with E-state index in [0.717, 1.165) is 49.0 Å². The Hall–Kier alpha value is -3.29. The first-order valence-corrected chi connectivity index (χ1v) is 13.4. The van der Waals surface area contributed by atoms with Crippen molar-refractivity contribution in [2.24, 2.45) is 0 Å². The quantitative estimate of drug-likeness (QED) is 0.357. The summed E-state index contributed by atoms with van der Waals surface area (Å²) in [5, 5.41) is 5.85. The van der Waals surface area contributed by atoms with Crippen LogP contribution in [0.4, 0.5) is 5.95 Å². The molecular formula is C28H28N6S. The molecule has 4 heterocycles. The summed E-state index contributed by atoms with van der Waals surface area (Å²) >= 11 is 1.87. The van der Waals surface area contributed by atoms with Crippen LogP contribution in [0, 0.1) is 0 Å². The smallest absolute Gasteiger partial charge is 0.230 e. The molecule has 1 fully saturated rings. The van der Waals surface area contributed by atoms with Gasteiger partial charge < -0.3 is 4.90 Å². The highest BCUT2D eigenvalue weighted by atomic mass is 32.1. The van der Waals surface area contributed by atoms with Crippen molar-refractivity contribution in [1.82, 2.24) is 24.5 Å². The molecule has 0 unspecified atom stereocenters. The summed E-state index contributed by atoms with van der Waals surface area (Å²) < 4.78 is 1.98. The van der Waals surface area contributed by atoms with Gasteiger partial charge in [0.05, 0.1) is 11.4 Å². The maximum Gasteiger partial charge on any atom is 0.230 e. The summed E-state index contributed by atoms with van der Waals surface area (Å²) in [7, 11) is 0. The number of nitrogens with zero attached hydrogens (tertiary/aromatic N) is 6. The number of hydrogen-bond acceptors (Lipinski definition) is 6. The number of fused-ring (bicyclic) bond motifs is 5. The Bertz CT molecular complexity index is 1430. The van der Waals surface area contributed by atoms with Gasteiger partial charge in [-0.25, -0.2) is 9.97 Å². The van der Waals surface area contributed by atoms with Gasteiger partial charge in [-0.05, 0) is 42.4 Å². The number of thiophene rings is 1. The molecular weight excluding hydrogens is 452 g/mol. The SMILES string of the molecule is c1ccc(C(c2ccccc2)N2CCN(c3nc4sc5c(c4c4ncnn34)CCCC5)CC2)cc1. The van der Waals surface area contributed by atoms with Crippen LogP contribution >= 0.6 is 11.3 Å². The van der Waals surface area contributed by atoms with E-state index < -0.39 is 0 Å². The van der Waals surface area contributed by atoms with Crippen molar-refractivity contribution >= 4 is 33.1 Å². The molecule has 35 heavy (non-hydrogen) atoms. The van der Waals surface area contributed by atoms with Gasteiger partial charge in [-0.2, -0.15) is 9.61 Å². The van der Waals surface area contributed by atoms with E-state index in [1.807, 2.05) is 15.9 Å². The van der Waals surface area contributed by atoms with Gasteiger partial charge in [-0.3, -0.25) is 4.90 Å². The zero-order chi connectivity index (χ0) is 23.2. The first kappa shape index (κ1) is 21.0. The number of rotatable bonds is 4. The van der Waals surface area contributed by atoms with Crippen molar-refractivity contribution in [3.63, 3.8) is 0 Å². The van der Waals surface area contributed by atoms with Gasteiger partial charge in [-0.15, -0.1) is 11.3 Å². The number of anilines is 1. The second-order valence-electron chi connectivity index (χ2n) is 9.55. The topological polar surface area (TPSA) is 49.6 Å². The maximum absolute atomic E-state index is 5.18. The lowest BCUT2D eigenvalue weighted by Gasteiger charge is -2.40. The Labute approximate surface area is 208 Å². The third-order valence-electron chi connectivity index (χ3n) is 7.51. The number of hydrogen-bond donors (Lipinski definition) is 0. The average molecular weight is 481 g/mol. The Balaban J connectivity index is 1.21. The molecule has 0 saturated carbocycles. The monoisotopic (exact) mass is 480 g/mol. The maximum atomic E-state index is 5.18. The van der Waals surface area contributed by atoms with E-state index in [0.29, 0.717) is 0 Å². The minimum atomic E-state index is 0.255. The molecule has 6 nitrogen and oxygen atoms in total. The molecule has 176 valence electrons. The minimum absolute atomic E-state index is 0.255. The van der Waals surface area contributed by atoms with Crippen LogP contribution in [0.15, 0.2) is 67.0 Å². The van der Waals surface area contributed by atoms with Gasteiger partial charge in [0.2, 0.25) is 5.95 Å². The molecule has 2 aromatic carbocycles. The summed E-state index contributed by atoms with van der Waals surface area (Å²) in [6.07, 6.45) is 6.53. The zero-order valence-corrected chi connectivity index (χ0v) is 20.5. The molecule has 2 aliphatic rings. The van der Waals surface area contributed by atoms with Crippen molar-refractivity contribution in [1.29, 1.82) is 0 Å². The fourth-order valence-corrected chi connectivity index (χ4v) is 7.08. The van der Waals surface area contributed by atoms with Crippen LogP contribution in [0.25, 0.3) is 15.9 Å². The molecule has 0 radical (unpaired) electrons. The average Bonchev–Trinajstić information content (AvgIpc) is 3.55. The lowest BCUT2D eigenvalue weighted by Crippen LogP contribution is -2.48. The molecule has 7 rings (SSSR count). The third kappa shape index (κ3) is 3.61. The summed E-state index contributed by atoms with van der Waals surface area (Å²) in [5.41, 5.74) is 5.12. The van der Waals surface area contributed by atoms with Crippen LogP contribution in [-0.4, -0.2) is 50.7 Å². The fourth-order valence-electron chi connectivity index (χ4n) is 5.83. The highest BCUT2D eigenvalue weighted by Gasteiger charge is 2.29. The molecule has 0 amide bonds. The van der Waals surface area contributed by atoms with Crippen LogP contribution in [0.2, 0.25) is 0 Å². The zero-order valence-electron chi connectivity index (χ0n) is 19.7. The summed E-state index contributed by atoms with van der Waals surface area (Å²) in [6, 6.07) is 22.0. The van der Waals surface area contributed by atoms with Crippen molar-refractivity contribution in [2.45, 2.75) is 31.7 Å². The fraction of sp³-hybridized carbons (Fsp3) is 0.321. The van der Waals surface area contributed by atoms with Crippen molar-refractivity contribution in [2.75, 3.05) is 31.1 Å². The Morgan fingerprint density at radius 2 is 1.49 bits per heavy atom. The normalized spacial score (nSPS) is 16.9. The number of aryl methyl sites for hydroxylation is 2. The van der Waals surface area contributed by atoms with Gasteiger partial charge >= 0.3 is 0 Å². The second-order valence-corrected chi connectivity index (χ2v) is 10.6. The summed E-state index contributed by atoms with van der Waals surface area (Å²) in [4.78, 5) is 17.5.